The molecule has 0 amide bonds. The number of aromatic nitrogens is 4. The second-order valence-electron chi connectivity index (χ2n) is 7.86. The average Bonchev–Trinajstić information content (AvgIpc) is 2.79. The molecule has 7 nitrogen and oxygen atoms in total. The van der Waals surface area contributed by atoms with Gasteiger partial charge in [0.1, 0.15) is 17.9 Å². The summed E-state index contributed by atoms with van der Waals surface area (Å²) in [6.45, 7) is 5.74. The third-order valence-electron chi connectivity index (χ3n) is 5.50. The lowest BCUT2D eigenvalue weighted by Crippen LogP contribution is -2.28. The Bertz CT molecular complexity index is 1300. The van der Waals surface area contributed by atoms with Crippen molar-refractivity contribution in [2.75, 3.05) is 5.32 Å². The zero-order valence-electron chi connectivity index (χ0n) is 17.6. The number of rotatable bonds is 6. The molecule has 4 rings (SSSR count). The molecule has 0 radical (unpaired) electrons. The van der Waals surface area contributed by atoms with Crippen LogP contribution < -0.4 is 10.9 Å². The smallest absolute Gasteiger partial charge is 0.259 e. The van der Waals surface area contributed by atoms with Gasteiger partial charge in [0.05, 0.1) is 11.1 Å². The number of nitrogens with one attached hydrogen (secondary N) is 2. The topological polar surface area (TPSA) is 101 Å². The fourth-order valence-electron chi connectivity index (χ4n) is 3.59. The molecular weight excluding hydrogens is 390 g/mol. The summed E-state index contributed by atoms with van der Waals surface area (Å²) < 4.78 is 0. The number of aromatic amines is 1. The second kappa shape index (κ2) is 8.10. The van der Waals surface area contributed by atoms with E-state index in [0.717, 1.165) is 22.2 Å². The standard InChI is InChI=1S/C24H23N5O2/c1-4-20(30)24(2,3)17-5-7-18(8-6-17)28-22-21-15(9-10-27-23(21)31)11-19(29-22)16-12-25-14-26-13-16/h5-14H,4H2,1-3H3,(H,27,31)(H,28,29). The largest absolute Gasteiger partial charge is 0.340 e. The number of benzene rings is 1. The number of pyridine rings is 2. The zero-order valence-corrected chi connectivity index (χ0v) is 17.6. The number of H-pyrrole nitrogens is 1. The fourth-order valence-corrected chi connectivity index (χ4v) is 3.59. The molecular formula is C24H23N5O2. The summed E-state index contributed by atoms with van der Waals surface area (Å²) in [7, 11) is 0. The summed E-state index contributed by atoms with van der Waals surface area (Å²) in [6.07, 6.45) is 6.92. The molecule has 0 bridgehead atoms. The van der Waals surface area contributed by atoms with Crippen LogP contribution in [0.1, 0.15) is 32.8 Å². The van der Waals surface area contributed by atoms with Gasteiger partial charge in [-0.25, -0.2) is 15.0 Å². The molecule has 0 aliphatic carbocycles. The molecule has 2 N–H and O–H groups in total. The van der Waals surface area contributed by atoms with Crippen LogP contribution in [0, 0.1) is 0 Å². The van der Waals surface area contributed by atoms with Gasteiger partial charge in [-0.15, -0.1) is 0 Å². The number of ketones is 1. The number of carbonyl (C=O) groups excluding carboxylic acids is 1. The summed E-state index contributed by atoms with van der Waals surface area (Å²) in [4.78, 5) is 40.3. The highest BCUT2D eigenvalue weighted by Crippen LogP contribution is 2.30. The number of anilines is 2. The van der Waals surface area contributed by atoms with Crippen molar-refractivity contribution in [3.8, 4) is 11.3 Å². The quantitative estimate of drug-likeness (QED) is 0.486. The van der Waals surface area contributed by atoms with E-state index in [1.54, 1.807) is 18.6 Å². The van der Waals surface area contributed by atoms with Gasteiger partial charge in [-0.1, -0.05) is 19.1 Å². The molecule has 156 valence electrons. The maximum absolute atomic E-state index is 12.5. The predicted molar refractivity (Wildman–Crippen MR) is 121 cm³/mol. The number of Topliss-reactive ketones (excluding diaryl/α,β-unsaturated/α-hetero) is 1. The highest BCUT2D eigenvalue weighted by Gasteiger charge is 2.27. The minimum atomic E-state index is -0.553. The fraction of sp³-hybridized carbons (Fsp3) is 0.208. The second-order valence-corrected chi connectivity index (χ2v) is 7.86. The van der Waals surface area contributed by atoms with Gasteiger partial charge < -0.3 is 10.3 Å². The van der Waals surface area contributed by atoms with Gasteiger partial charge in [-0.3, -0.25) is 9.59 Å². The van der Waals surface area contributed by atoms with E-state index in [-0.39, 0.29) is 11.3 Å². The highest BCUT2D eigenvalue weighted by atomic mass is 16.1. The number of hydrogen-bond acceptors (Lipinski definition) is 6. The first kappa shape index (κ1) is 20.4. The first-order valence-electron chi connectivity index (χ1n) is 10.1. The molecule has 0 unspecified atom stereocenters. The number of fused-ring (bicyclic) bond motifs is 1. The van der Waals surface area contributed by atoms with E-state index in [9.17, 15) is 9.59 Å². The predicted octanol–water partition coefficient (Wildman–Crippen LogP) is 4.38. The van der Waals surface area contributed by atoms with Crippen LogP contribution in [0.2, 0.25) is 0 Å². The number of carbonyl (C=O) groups is 1. The molecule has 7 heteroatoms. The first-order chi connectivity index (χ1) is 14.9. The SMILES string of the molecule is CCC(=O)C(C)(C)c1ccc(Nc2nc(-c3cncnc3)cc3cc[nH]c(=O)c23)cc1. The Morgan fingerprint density at radius 2 is 1.81 bits per heavy atom. The summed E-state index contributed by atoms with van der Waals surface area (Å²) in [5.74, 6) is 0.625. The molecule has 0 fully saturated rings. The van der Waals surface area contributed by atoms with E-state index < -0.39 is 5.41 Å². The lowest BCUT2D eigenvalue weighted by Gasteiger charge is -2.23. The molecule has 0 atom stereocenters. The van der Waals surface area contributed by atoms with Crippen molar-refractivity contribution in [3.05, 3.63) is 77.2 Å². The normalized spacial score (nSPS) is 11.5. The van der Waals surface area contributed by atoms with Gasteiger partial charge in [-0.2, -0.15) is 0 Å². The van der Waals surface area contributed by atoms with Crippen LogP contribution in [0.25, 0.3) is 22.0 Å². The molecule has 0 spiro atoms. The Kier molecular flexibility index (Phi) is 5.33. The molecule has 0 aliphatic heterocycles. The van der Waals surface area contributed by atoms with Crippen molar-refractivity contribution in [2.45, 2.75) is 32.6 Å². The van der Waals surface area contributed by atoms with Crippen LogP contribution in [-0.4, -0.2) is 25.7 Å². The lowest BCUT2D eigenvalue weighted by atomic mass is 9.79. The molecule has 4 aromatic rings. The van der Waals surface area contributed by atoms with Gasteiger partial charge in [0, 0.05) is 41.7 Å². The minimum absolute atomic E-state index is 0.185. The Balaban J connectivity index is 1.76. The number of hydrogen-bond donors (Lipinski definition) is 2. The molecule has 1 aromatic carbocycles. The molecule has 0 saturated heterocycles. The third-order valence-corrected chi connectivity index (χ3v) is 5.50. The van der Waals surface area contributed by atoms with Crippen LogP contribution in [0.4, 0.5) is 11.5 Å². The van der Waals surface area contributed by atoms with E-state index in [0.29, 0.717) is 23.3 Å². The van der Waals surface area contributed by atoms with Crippen molar-refractivity contribution in [1.29, 1.82) is 0 Å². The maximum Gasteiger partial charge on any atom is 0.259 e. The van der Waals surface area contributed by atoms with Gasteiger partial charge in [0.15, 0.2) is 0 Å². The molecule has 3 heterocycles. The van der Waals surface area contributed by atoms with Crippen LogP contribution in [0.5, 0.6) is 0 Å². The molecule has 3 aromatic heterocycles. The third kappa shape index (κ3) is 3.94. The van der Waals surface area contributed by atoms with Crippen molar-refractivity contribution in [1.82, 2.24) is 19.9 Å². The molecule has 0 saturated carbocycles. The Labute approximate surface area is 179 Å². The highest BCUT2D eigenvalue weighted by molar-refractivity contribution is 5.95. The molecule has 31 heavy (non-hydrogen) atoms. The van der Waals surface area contributed by atoms with Gasteiger partial charge in [0.2, 0.25) is 0 Å². The first-order valence-corrected chi connectivity index (χ1v) is 10.1. The van der Waals surface area contributed by atoms with E-state index in [1.165, 1.54) is 6.33 Å². The van der Waals surface area contributed by atoms with Crippen LogP contribution in [0.15, 0.2) is 66.1 Å². The van der Waals surface area contributed by atoms with Crippen molar-refractivity contribution in [2.24, 2.45) is 0 Å². The summed E-state index contributed by atoms with van der Waals surface area (Å²) in [6, 6.07) is 11.3. The monoisotopic (exact) mass is 413 g/mol. The van der Waals surface area contributed by atoms with Gasteiger partial charge >= 0.3 is 0 Å². The van der Waals surface area contributed by atoms with Crippen molar-refractivity contribution in [3.63, 3.8) is 0 Å². The van der Waals surface area contributed by atoms with E-state index >= 15 is 0 Å². The Morgan fingerprint density at radius 1 is 1.10 bits per heavy atom. The lowest BCUT2D eigenvalue weighted by molar-refractivity contribution is -0.123. The molecule has 0 aliphatic rings. The average molecular weight is 413 g/mol. The van der Waals surface area contributed by atoms with E-state index in [2.05, 4.69) is 25.3 Å². The van der Waals surface area contributed by atoms with Crippen LogP contribution in [-0.2, 0) is 10.2 Å². The number of nitrogens with zero attached hydrogens (tertiary/aromatic N) is 3. The minimum Gasteiger partial charge on any atom is -0.340 e. The zero-order chi connectivity index (χ0) is 22.0. The van der Waals surface area contributed by atoms with Gasteiger partial charge in [-0.05, 0) is 49.1 Å². The van der Waals surface area contributed by atoms with Crippen LogP contribution >= 0.6 is 0 Å². The summed E-state index contributed by atoms with van der Waals surface area (Å²) in [5, 5.41) is 4.49. The van der Waals surface area contributed by atoms with Crippen LogP contribution in [0.3, 0.4) is 0 Å². The Hall–Kier alpha value is -3.87. The Morgan fingerprint density at radius 3 is 2.48 bits per heavy atom. The summed E-state index contributed by atoms with van der Waals surface area (Å²) >= 11 is 0. The van der Waals surface area contributed by atoms with E-state index in [1.807, 2.05) is 57.2 Å². The van der Waals surface area contributed by atoms with Crippen molar-refractivity contribution >= 4 is 28.1 Å². The maximum atomic E-state index is 12.5. The van der Waals surface area contributed by atoms with E-state index in [4.69, 9.17) is 0 Å². The summed E-state index contributed by atoms with van der Waals surface area (Å²) in [5.41, 5.74) is 2.34. The van der Waals surface area contributed by atoms with Gasteiger partial charge in [0.25, 0.3) is 5.56 Å². The van der Waals surface area contributed by atoms with Crippen molar-refractivity contribution < 1.29 is 4.79 Å².